The summed E-state index contributed by atoms with van der Waals surface area (Å²) in [7, 11) is 0. The molecule has 2 aliphatic carbocycles. The van der Waals surface area contributed by atoms with E-state index in [4.69, 9.17) is 25.5 Å². The number of ether oxygens (including phenoxy) is 4. The quantitative estimate of drug-likeness (QED) is 0.149. The zero-order valence-corrected chi connectivity index (χ0v) is 37.7. The first-order valence-electron chi connectivity index (χ1n) is 23.7. The van der Waals surface area contributed by atoms with Crippen LogP contribution in [0.5, 0.6) is 0 Å². The van der Waals surface area contributed by atoms with Crippen LogP contribution in [0.2, 0.25) is 0 Å². The number of aliphatic hydroxyl groups is 1. The fourth-order valence-electron chi connectivity index (χ4n) is 13.0. The summed E-state index contributed by atoms with van der Waals surface area (Å²) in [5, 5.41) is 25.3. The van der Waals surface area contributed by atoms with Gasteiger partial charge in [-0.1, -0.05) is 93.4 Å². The summed E-state index contributed by atoms with van der Waals surface area (Å²) < 4.78 is 28.6. The minimum Gasteiger partial charge on any atom is -0.481 e. The minimum absolute atomic E-state index is 0.0188. The lowest BCUT2D eigenvalue weighted by Gasteiger charge is -2.56. The summed E-state index contributed by atoms with van der Waals surface area (Å²) in [6.07, 6.45) is 20.0. The second-order valence-corrected chi connectivity index (χ2v) is 20.9. The van der Waals surface area contributed by atoms with Crippen molar-refractivity contribution < 1.29 is 34.0 Å². The number of carboxylic acid groups (broad SMARTS) is 1. The minimum atomic E-state index is -0.815. The van der Waals surface area contributed by atoms with Crippen molar-refractivity contribution in [1.82, 2.24) is 5.32 Å². The van der Waals surface area contributed by atoms with Crippen molar-refractivity contribution in [3.05, 3.63) is 24.3 Å². The van der Waals surface area contributed by atoms with Crippen LogP contribution in [0.15, 0.2) is 24.3 Å². The summed E-state index contributed by atoms with van der Waals surface area (Å²) in [5.41, 5.74) is 0.0284. The fourth-order valence-corrected chi connectivity index (χ4v) is 13.0. The van der Waals surface area contributed by atoms with Gasteiger partial charge >= 0.3 is 5.97 Å². The molecule has 0 radical (unpaired) electrons. The predicted octanol–water partition coefficient (Wildman–Crippen LogP) is 10.4. The van der Waals surface area contributed by atoms with Gasteiger partial charge in [0.1, 0.15) is 0 Å². The van der Waals surface area contributed by atoms with Crippen LogP contribution in [0.1, 0.15) is 172 Å². The van der Waals surface area contributed by atoms with Gasteiger partial charge in [0.05, 0.1) is 53.7 Å². The van der Waals surface area contributed by atoms with Crippen molar-refractivity contribution in [2.45, 2.75) is 232 Å². The third kappa shape index (κ3) is 9.03. The highest BCUT2D eigenvalue weighted by atomic mass is 16.7. The molecular weight excluding hydrogens is 715 g/mol. The van der Waals surface area contributed by atoms with E-state index in [1.807, 2.05) is 6.92 Å². The number of hydrogen-bond donors (Lipinski definition) is 3. The lowest BCUT2D eigenvalue weighted by Crippen LogP contribution is -2.64. The first-order chi connectivity index (χ1) is 26.9. The van der Waals surface area contributed by atoms with Crippen LogP contribution in [-0.4, -0.2) is 75.8 Å². The van der Waals surface area contributed by atoms with Crippen LogP contribution >= 0.6 is 0 Å². The Morgan fingerprint density at radius 3 is 2.25 bits per heavy atom. The molecule has 5 fully saturated rings. The lowest BCUT2D eigenvalue weighted by atomic mass is 9.71. The molecule has 0 bridgehead atoms. The maximum Gasteiger partial charge on any atom is 0.309 e. The third-order valence-electron chi connectivity index (χ3n) is 16.9. The average molecular weight is 798 g/mol. The number of aliphatic carboxylic acids is 1. The van der Waals surface area contributed by atoms with Crippen molar-refractivity contribution in [3.63, 3.8) is 0 Å². The highest BCUT2D eigenvalue weighted by molar-refractivity contribution is 5.70. The van der Waals surface area contributed by atoms with Crippen molar-refractivity contribution in [2.24, 2.45) is 46.8 Å². The zero-order valence-electron chi connectivity index (χ0n) is 37.7. The van der Waals surface area contributed by atoms with Crippen LogP contribution in [0.25, 0.3) is 0 Å². The van der Waals surface area contributed by atoms with E-state index >= 15 is 0 Å². The Kier molecular flexibility index (Phi) is 14.3. The molecule has 3 N–H and O–H groups in total. The molecule has 326 valence electrons. The van der Waals surface area contributed by atoms with Gasteiger partial charge in [-0.3, -0.25) is 4.79 Å². The average Bonchev–Trinajstić information content (AvgIpc) is 3.82. The number of hydrogen-bond acceptors (Lipinski definition) is 7. The molecule has 57 heavy (non-hydrogen) atoms. The van der Waals surface area contributed by atoms with Crippen molar-refractivity contribution in [1.29, 1.82) is 0 Å². The van der Waals surface area contributed by atoms with Gasteiger partial charge in [0.15, 0.2) is 5.79 Å². The van der Waals surface area contributed by atoms with Gasteiger partial charge < -0.3 is 34.5 Å². The van der Waals surface area contributed by atoms with Gasteiger partial charge in [-0.25, -0.2) is 0 Å². The SMILES string of the molecule is C=C([C@@H](C)C[C@H](C)C1O[C@@H](C(CC)C(=O)O)CC[C@@H]1C)[C@H](CC)[C@H]1O[C@]2(C=C[C@@H](NC3CCCC3)[C@]3(CC[C@@](C)([C@H]4CC[C@](O)(CC)[C@H](C)O4)C3)O2)[C@H](C)C[C@@H]1C. The number of rotatable bonds is 14. The topological polar surface area (TPSA) is 106 Å². The van der Waals surface area contributed by atoms with Crippen LogP contribution in [0.3, 0.4) is 0 Å². The first kappa shape index (κ1) is 45.2. The molecule has 8 nitrogen and oxygen atoms in total. The van der Waals surface area contributed by atoms with Gasteiger partial charge in [-0.05, 0) is 132 Å². The van der Waals surface area contributed by atoms with E-state index in [1.54, 1.807) is 0 Å². The summed E-state index contributed by atoms with van der Waals surface area (Å²) in [6, 6.07) is 0.625. The van der Waals surface area contributed by atoms with Crippen molar-refractivity contribution in [2.75, 3.05) is 0 Å². The molecule has 3 saturated heterocycles. The van der Waals surface area contributed by atoms with E-state index in [1.165, 1.54) is 31.3 Å². The first-order valence-corrected chi connectivity index (χ1v) is 23.7. The molecule has 4 heterocycles. The van der Waals surface area contributed by atoms with Gasteiger partial charge in [0.25, 0.3) is 0 Å². The van der Waals surface area contributed by atoms with Gasteiger partial charge in [-0.2, -0.15) is 0 Å². The summed E-state index contributed by atoms with van der Waals surface area (Å²) in [4.78, 5) is 12.0. The Morgan fingerprint density at radius 2 is 1.61 bits per heavy atom. The molecule has 0 amide bonds. The molecule has 0 aromatic heterocycles. The van der Waals surface area contributed by atoms with E-state index in [-0.39, 0.29) is 65.6 Å². The number of carbonyl (C=O) groups is 1. The molecule has 17 atom stereocenters. The Bertz CT molecular complexity index is 1410. The van der Waals surface area contributed by atoms with Gasteiger partial charge in [0.2, 0.25) is 0 Å². The normalized spacial score (nSPS) is 44.9. The van der Waals surface area contributed by atoms with E-state index in [9.17, 15) is 15.0 Å². The van der Waals surface area contributed by atoms with E-state index in [0.29, 0.717) is 30.7 Å². The molecule has 2 spiro atoms. The largest absolute Gasteiger partial charge is 0.481 e. The monoisotopic (exact) mass is 798 g/mol. The molecule has 8 heteroatoms. The Hall–Kier alpha value is -1.29. The Balaban J connectivity index is 1.20. The molecule has 2 saturated carbocycles. The maximum atomic E-state index is 12.0. The second-order valence-electron chi connectivity index (χ2n) is 20.9. The van der Waals surface area contributed by atoms with Crippen LogP contribution < -0.4 is 5.32 Å². The van der Waals surface area contributed by atoms with Crippen molar-refractivity contribution in [3.8, 4) is 0 Å². The molecular formula is C49H83NO7. The Morgan fingerprint density at radius 1 is 0.912 bits per heavy atom. The highest BCUT2D eigenvalue weighted by Gasteiger charge is 2.62. The van der Waals surface area contributed by atoms with E-state index in [2.05, 4.69) is 79.8 Å². The molecule has 2 unspecified atom stereocenters. The van der Waals surface area contributed by atoms with E-state index in [0.717, 1.165) is 64.2 Å². The number of nitrogens with one attached hydrogen (secondary N) is 1. The number of carboxylic acids is 1. The summed E-state index contributed by atoms with van der Waals surface area (Å²) in [6.45, 7) is 27.2. The molecule has 0 aromatic rings. The molecule has 0 aromatic carbocycles. The summed E-state index contributed by atoms with van der Waals surface area (Å²) in [5.74, 6) is -0.324. The lowest BCUT2D eigenvalue weighted by molar-refractivity contribution is -0.339. The van der Waals surface area contributed by atoms with Crippen molar-refractivity contribution >= 4 is 5.97 Å². The summed E-state index contributed by atoms with van der Waals surface area (Å²) >= 11 is 0. The Labute approximate surface area is 347 Å². The standard InChI is InChI=1S/C49H83NO7/c1-12-38(35(9)31(5)27-32(6)43-30(4)19-20-40(55-43)39(13-2)45(51)52)44-33(7)28-34(8)49(56-44)24-21-41(50-37-17-15-16-18-37)48(57-49)26-25-46(11,29-48)42-22-23-47(53,14-3)36(10)54-42/h21,24,30-34,36-44,50,53H,9,12-20,22-23,25-29H2,1-8,10-11H3,(H,51,52)/t30-,31-,32-,33-,34+,36-,38-,39?,40+,41+,42+,43?,44-,46+,47+,48+,49-/m0/s1. The van der Waals surface area contributed by atoms with E-state index < -0.39 is 28.9 Å². The van der Waals surface area contributed by atoms with Crippen LogP contribution in [0.4, 0.5) is 0 Å². The highest BCUT2D eigenvalue weighted by Crippen LogP contribution is 2.58. The van der Waals surface area contributed by atoms with Gasteiger partial charge in [-0.15, -0.1) is 0 Å². The third-order valence-corrected chi connectivity index (χ3v) is 16.9. The zero-order chi connectivity index (χ0) is 41.5. The maximum absolute atomic E-state index is 12.0. The fraction of sp³-hybridized carbons (Fsp3) is 0.898. The molecule has 4 aliphatic heterocycles. The molecule has 6 aliphatic rings. The van der Waals surface area contributed by atoms with Crippen LogP contribution in [0, 0.1) is 46.8 Å². The smallest absolute Gasteiger partial charge is 0.309 e. The van der Waals surface area contributed by atoms with Crippen LogP contribution in [-0.2, 0) is 23.7 Å². The predicted molar refractivity (Wildman–Crippen MR) is 228 cm³/mol. The van der Waals surface area contributed by atoms with Gasteiger partial charge in [0, 0.05) is 17.9 Å². The molecule has 6 rings (SSSR count). The second kappa shape index (κ2) is 18.0.